The van der Waals surface area contributed by atoms with Gasteiger partial charge in [0.1, 0.15) is 0 Å². The van der Waals surface area contributed by atoms with Gasteiger partial charge in [0.05, 0.1) is 6.10 Å². The summed E-state index contributed by atoms with van der Waals surface area (Å²) in [6, 6.07) is 7.42. The van der Waals surface area contributed by atoms with Crippen LogP contribution >= 0.6 is 0 Å². The summed E-state index contributed by atoms with van der Waals surface area (Å²) >= 11 is 0. The van der Waals surface area contributed by atoms with Crippen molar-refractivity contribution in [3.8, 4) is 0 Å². The number of hydrogen-bond donors (Lipinski definition) is 2. The highest BCUT2D eigenvalue weighted by molar-refractivity contribution is 5.85. The molecule has 1 aromatic carbocycles. The number of benzene rings is 1. The van der Waals surface area contributed by atoms with Crippen molar-refractivity contribution >= 4 is 12.0 Å². The van der Waals surface area contributed by atoms with Crippen molar-refractivity contribution in [3.05, 3.63) is 41.5 Å². The molecule has 0 spiro atoms. The number of carboxylic acids is 1. The Hall–Kier alpha value is -1.61. The summed E-state index contributed by atoms with van der Waals surface area (Å²) in [5.74, 6) is -0.971. The highest BCUT2D eigenvalue weighted by Gasteiger charge is 2.02. The monoisotopic (exact) mass is 206 g/mol. The fraction of sp³-hybridized carbons (Fsp3) is 0.250. The molecule has 3 heteroatoms. The van der Waals surface area contributed by atoms with Crippen LogP contribution in [0.4, 0.5) is 0 Å². The summed E-state index contributed by atoms with van der Waals surface area (Å²) in [5, 5.41) is 17.8. The zero-order valence-electron chi connectivity index (χ0n) is 8.55. The molecule has 0 radical (unpaired) electrons. The minimum atomic E-state index is -0.971. The maximum Gasteiger partial charge on any atom is 0.328 e. The molecule has 1 unspecified atom stereocenters. The Labute approximate surface area is 88.7 Å². The van der Waals surface area contributed by atoms with Gasteiger partial charge < -0.3 is 10.2 Å². The molecule has 0 aliphatic carbocycles. The summed E-state index contributed by atoms with van der Waals surface area (Å²) in [6.45, 7) is 1.71. The number of carboxylic acid groups (broad SMARTS) is 1. The predicted octanol–water partition coefficient (Wildman–Crippen LogP) is 1.71. The Morgan fingerprint density at radius 2 is 2.13 bits per heavy atom. The molecule has 0 fully saturated rings. The van der Waals surface area contributed by atoms with E-state index >= 15 is 0 Å². The third kappa shape index (κ3) is 3.95. The Morgan fingerprint density at radius 1 is 1.47 bits per heavy atom. The van der Waals surface area contributed by atoms with Crippen molar-refractivity contribution in [1.82, 2.24) is 0 Å². The molecule has 0 aromatic heterocycles. The molecule has 15 heavy (non-hydrogen) atoms. The van der Waals surface area contributed by atoms with Crippen LogP contribution in [0.1, 0.15) is 18.1 Å². The number of hydrogen-bond acceptors (Lipinski definition) is 2. The SMILES string of the molecule is CC(O)Cc1ccccc1/C=C/C(=O)O. The molecule has 0 aliphatic heterocycles. The molecule has 0 heterocycles. The molecule has 0 aliphatic rings. The van der Waals surface area contributed by atoms with Crippen molar-refractivity contribution < 1.29 is 15.0 Å². The third-order valence-electron chi connectivity index (χ3n) is 1.98. The Kier molecular flexibility index (Phi) is 4.06. The van der Waals surface area contributed by atoms with Crippen molar-refractivity contribution in [3.63, 3.8) is 0 Å². The number of aliphatic hydroxyl groups excluding tert-OH is 1. The first-order valence-corrected chi connectivity index (χ1v) is 4.76. The van der Waals surface area contributed by atoms with Crippen LogP contribution in [0.5, 0.6) is 0 Å². The zero-order chi connectivity index (χ0) is 11.3. The Morgan fingerprint density at radius 3 is 2.73 bits per heavy atom. The standard InChI is InChI=1S/C12H14O3/c1-9(13)8-11-5-3-2-4-10(11)6-7-12(14)15/h2-7,9,13H,8H2,1H3,(H,14,15)/b7-6+. The highest BCUT2D eigenvalue weighted by Crippen LogP contribution is 2.12. The van der Waals surface area contributed by atoms with Gasteiger partial charge in [0.2, 0.25) is 0 Å². The summed E-state index contributed by atoms with van der Waals surface area (Å²) < 4.78 is 0. The van der Waals surface area contributed by atoms with Crippen LogP contribution in [0.2, 0.25) is 0 Å². The summed E-state index contributed by atoms with van der Waals surface area (Å²) in [6.07, 6.45) is 2.74. The van der Waals surface area contributed by atoms with Gasteiger partial charge in [-0.15, -0.1) is 0 Å². The van der Waals surface area contributed by atoms with Gasteiger partial charge in [-0.3, -0.25) is 0 Å². The molecule has 1 atom stereocenters. The normalized spacial score (nSPS) is 12.9. The van der Waals surface area contributed by atoms with Crippen molar-refractivity contribution in [1.29, 1.82) is 0 Å². The first-order valence-electron chi connectivity index (χ1n) is 4.76. The average Bonchev–Trinajstić information content (AvgIpc) is 2.15. The van der Waals surface area contributed by atoms with E-state index in [4.69, 9.17) is 5.11 Å². The third-order valence-corrected chi connectivity index (χ3v) is 1.98. The van der Waals surface area contributed by atoms with Crippen LogP contribution in [0.15, 0.2) is 30.3 Å². The van der Waals surface area contributed by atoms with Crippen molar-refractivity contribution in [2.45, 2.75) is 19.4 Å². The van der Waals surface area contributed by atoms with Crippen molar-refractivity contribution in [2.75, 3.05) is 0 Å². The fourth-order valence-electron chi connectivity index (χ4n) is 1.36. The molecule has 1 aromatic rings. The summed E-state index contributed by atoms with van der Waals surface area (Å²) in [5.41, 5.74) is 1.78. The minimum absolute atomic E-state index is 0.427. The molecule has 0 saturated carbocycles. The molecule has 2 N–H and O–H groups in total. The van der Waals surface area contributed by atoms with E-state index in [2.05, 4.69) is 0 Å². The zero-order valence-corrected chi connectivity index (χ0v) is 8.55. The van der Waals surface area contributed by atoms with E-state index in [9.17, 15) is 9.90 Å². The van der Waals surface area contributed by atoms with Gasteiger partial charge >= 0.3 is 5.97 Å². The average molecular weight is 206 g/mol. The maximum absolute atomic E-state index is 10.4. The van der Waals surface area contributed by atoms with E-state index in [0.717, 1.165) is 17.2 Å². The van der Waals surface area contributed by atoms with Gasteiger partial charge in [-0.25, -0.2) is 4.79 Å². The first-order chi connectivity index (χ1) is 7.09. The number of carbonyl (C=O) groups is 1. The van der Waals surface area contributed by atoms with Crippen LogP contribution in [0, 0.1) is 0 Å². The van der Waals surface area contributed by atoms with Gasteiger partial charge in [-0.2, -0.15) is 0 Å². The molecular formula is C12H14O3. The van der Waals surface area contributed by atoms with E-state index < -0.39 is 12.1 Å². The lowest BCUT2D eigenvalue weighted by Crippen LogP contribution is -2.05. The largest absolute Gasteiger partial charge is 0.478 e. The molecule has 0 saturated heterocycles. The lowest BCUT2D eigenvalue weighted by Gasteiger charge is -2.07. The topological polar surface area (TPSA) is 57.5 Å². The second-order valence-electron chi connectivity index (χ2n) is 3.42. The Balaban J connectivity index is 2.91. The second-order valence-corrected chi connectivity index (χ2v) is 3.42. The van der Waals surface area contributed by atoms with Crippen LogP contribution in [0.25, 0.3) is 6.08 Å². The number of aliphatic hydroxyl groups is 1. The lowest BCUT2D eigenvalue weighted by atomic mass is 10.0. The van der Waals surface area contributed by atoms with Crippen LogP contribution in [-0.4, -0.2) is 22.3 Å². The molecule has 3 nitrogen and oxygen atoms in total. The minimum Gasteiger partial charge on any atom is -0.478 e. The maximum atomic E-state index is 10.4. The van der Waals surface area contributed by atoms with E-state index in [1.54, 1.807) is 13.0 Å². The van der Waals surface area contributed by atoms with Gasteiger partial charge in [0.25, 0.3) is 0 Å². The van der Waals surface area contributed by atoms with E-state index in [1.165, 1.54) is 0 Å². The quantitative estimate of drug-likeness (QED) is 0.737. The Bertz CT molecular complexity index is 367. The van der Waals surface area contributed by atoms with Gasteiger partial charge in [0, 0.05) is 6.08 Å². The lowest BCUT2D eigenvalue weighted by molar-refractivity contribution is -0.131. The molecule has 0 bridgehead atoms. The fourth-order valence-corrected chi connectivity index (χ4v) is 1.36. The number of aliphatic carboxylic acids is 1. The molecular weight excluding hydrogens is 192 g/mol. The highest BCUT2D eigenvalue weighted by atomic mass is 16.4. The molecule has 80 valence electrons. The van der Waals surface area contributed by atoms with Gasteiger partial charge in [-0.1, -0.05) is 24.3 Å². The van der Waals surface area contributed by atoms with E-state index in [1.807, 2.05) is 24.3 Å². The van der Waals surface area contributed by atoms with E-state index in [0.29, 0.717) is 6.42 Å². The summed E-state index contributed by atoms with van der Waals surface area (Å²) in [4.78, 5) is 10.4. The first kappa shape index (κ1) is 11.5. The summed E-state index contributed by atoms with van der Waals surface area (Å²) in [7, 11) is 0. The molecule has 0 amide bonds. The van der Waals surface area contributed by atoms with Crippen LogP contribution in [0.3, 0.4) is 0 Å². The van der Waals surface area contributed by atoms with E-state index in [-0.39, 0.29) is 0 Å². The second kappa shape index (κ2) is 5.32. The number of rotatable bonds is 4. The van der Waals surface area contributed by atoms with Gasteiger partial charge in [-0.05, 0) is 30.5 Å². The molecule has 1 rings (SSSR count). The van der Waals surface area contributed by atoms with Crippen molar-refractivity contribution in [2.24, 2.45) is 0 Å². The van der Waals surface area contributed by atoms with Crippen LogP contribution in [-0.2, 0) is 11.2 Å². The smallest absolute Gasteiger partial charge is 0.328 e. The predicted molar refractivity (Wildman–Crippen MR) is 58.5 cm³/mol. The van der Waals surface area contributed by atoms with Gasteiger partial charge in [0.15, 0.2) is 0 Å². The van der Waals surface area contributed by atoms with Crippen LogP contribution < -0.4 is 0 Å².